The van der Waals surface area contributed by atoms with E-state index in [1.165, 1.54) is 17.3 Å². The van der Waals surface area contributed by atoms with Crippen LogP contribution in [0.3, 0.4) is 0 Å². The predicted molar refractivity (Wildman–Crippen MR) is 76.6 cm³/mol. The molecule has 0 saturated heterocycles. The molecule has 0 N–H and O–H groups in total. The van der Waals surface area contributed by atoms with Crippen molar-refractivity contribution in [3.63, 3.8) is 0 Å². The van der Waals surface area contributed by atoms with E-state index in [1.54, 1.807) is 23.3 Å². The van der Waals surface area contributed by atoms with E-state index in [-0.39, 0.29) is 22.8 Å². The molecule has 2 rings (SSSR count). The molecule has 2 aromatic rings. The maximum absolute atomic E-state index is 12.3. The summed E-state index contributed by atoms with van der Waals surface area (Å²) in [4.78, 5) is 24.2. The van der Waals surface area contributed by atoms with Gasteiger partial charge in [-0.2, -0.15) is 0 Å². The van der Waals surface area contributed by atoms with Gasteiger partial charge in [-0.1, -0.05) is 11.6 Å². The molecular weight excluding hydrogens is 282 g/mol. The number of halogens is 1. The molecule has 1 unspecified atom stereocenters. The van der Waals surface area contributed by atoms with Crippen LogP contribution in [0.2, 0.25) is 5.15 Å². The summed E-state index contributed by atoms with van der Waals surface area (Å²) in [5, 5.41) is 0.221. The van der Waals surface area contributed by atoms with E-state index in [9.17, 15) is 4.79 Å². The number of carbonyl (C=O) groups excluding carboxylic acids is 1. The molecule has 2 aromatic heterocycles. The van der Waals surface area contributed by atoms with Crippen molar-refractivity contribution in [2.45, 2.75) is 19.9 Å². The highest BCUT2D eigenvalue weighted by Gasteiger charge is 2.21. The van der Waals surface area contributed by atoms with Crippen LogP contribution in [0.5, 0.6) is 0 Å². The van der Waals surface area contributed by atoms with Gasteiger partial charge in [-0.3, -0.25) is 9.78 Å². The van der Waals surface area contributed by atoms with Crippen LogP contribution in [0.25, 0.3) is 0 Å². The van der Waals surface area contributed by atoms with Crippen LogP contribution in [-0.4, -0.2) is 27.8 Å². The van der Waals surface area contributed by atoms with E-state index >= 15 is 0 Å². The zero-order valence-electron chi connectivity index (χ0n) is 10.9. The first-order valence-electron chi connectivity index (χ1n) is 5.80. The Kier molecular flexibility index (Phi) is 4.17. The van der Waals surface area contributed by atoms with Crippen molar-refractivity contribution in [3.8, 4) is 0 Å². The number of thiophene rings is 1. The molecule has 0 aromatic carbocycles. The van der Waals surface area contributed by atoms with Gasteiger partial charge in [0.05, 0.1) is 18.4 Å². The van der Waals surface area contributed by atoms with Crippen molar-refractivity contribution in [2.75, 3.05) is 7.05 Å². The zero-order chi connectivity index (χ0) is 14.0. The van der Waals surface area contributed by atoms with E-state index in [2.05, 4.69) is 9.97 Å². The molecular formula is C13H14ClN3OS. The molecule has 0 bridgehead atoms. The standard InChI is InChI=1S/C13H14ClN3OS/c1-8-4-5-11(19-8)9(2)17(3)13(18)10-6-15-7-12(14)16-10/h4-7,9H,1-3H3. The SMILES string of the molecule is Cc1ccc(C(C)N(C)C(=O)c2cncc(Cl)n2)s1. The second-order valence-electron chi connectivity index (χ2n) is 4.27. The topological polar surface area (TPSA) is 46.1 Å². The van der Waals surface area contributed by atoms with Crippen molar-refractivity contribution < 1.29 is 4.79 Å². The minimum atomic E-state index is -0.187. The van der Waals surface area contributed by atoms with E-state index in [4.69, 9.17) is 11.6 Å². The lowest BCUT2D eigenvalue weighted by Crippen LogP contribution is -2.30. The van der Waals surface area contributed by atoms with Gasteiger partial charge >= 0.3 is 0 Å². The highest BCUT2D eigenvalue weighted by atomic mass is 35.5. The maximum Gasteiger partial charge on any atom is 0.274 e. The first kappa shape index (κ1) is 14.0. The molecule has 100 valence electrons. The molecule has 1 amide bonds. The Balaban J connectivity index is 2.19. The first-order valence-corrected chi connectivity index (χ1v) is 6.99. The summed E-state index contributed by atoms with van der Waals surface area (Å²) in [5.41, 5.74) is 0.259. The third kappa shape index (κ3) is 3.11. The highest BCUT2D eigenvalue weighted by molar-refractivity contribution is 7.12. The second-order valence-corrected chi connectivity index (χ2v) is 5.97. The molecule has 0 spiro atoms. The number of hydrogen-bond acceptors (Lipinski definition) is 4. The second kappa shape index (κ2) is 5.67. The smallest absolute Gasteiger partial charge is 0.274 e. The number of amides is 1. The summed E-state index contributed by atoms with van der Waals surface area (Å²) in [7, 11) is 1.75. The molecule has 0 radical (unpaired) electrons. The Morgan fingerprint density at radius 2 is 2.16 bits per heavy atom. The number of carbonyl (C=O) groups is 1. The van der Waals surface area contributed by atoms with Gasteiger partial charge in [0.15, 0.2) is 0 Å². The van der Waals surface area contributed by atoms with Gasteiger partial charge in [0, 0.05) is 16.8 Å². The van der Waals surface area contributed by atoms with Gasteiger partial charge in [-0.25, -0.2) is 4.98 Å². The lowest BCUT2D eigenvalue weighted by Gasteiger charge is -2.23. The maximum atomic E-state index is 12.3. The minimum Gasteiger partial charge on any atom is -0.333 e. The van der Waals surface area contributed by atoms with Crippen LogP contribution in [0.4, 0.5) is 0 Å². The van der Waals surface area contributed by atoms with E-state index in [1.807, 2.05) is 26.0 Å². The highest BCUT2D eigenvalue weighted by Crippen LogP contribution is 2.27. The normalized spacial score (nSPS) is 12.2. The summed E-state index contributed by atoms with van der Waals surface area (Å²) in [6.45, 7) is 4.03. The van der Waals surface area contributed by atoms with Gasteiger partial charge in [-0.05, 0) is 26.0 Å². The quantitative estimate of drug-likeness (QED) is 0.872. The fourth-order valence-electron chi connectivity index (χ4n) is 1.67. The first-order chi connectivity index (χ1) is 8.99. The molecule has 2 heterocycles. The third-order valence-electron chi connectivity index (χ3n) is 2.90. The Hall–Kier alpha value is -1.46. The molecule has 0 saturated carbocycles. The van der Waals surface area contributed by atoms with Crippen molar-refractivity contribution >= 4 is 28.8 Å². The van der Waals surface area contributed by atoms with E-state index in [0.29, 0.717) is 0 Å². The number of aromatic nitrogens is 2. The van der Waals surface area contributed by atoms with Crippen LogP contribution < -0.4 is 0 Å². The molecule has 0 fully saturated rings. The lowest BCUT2D eigenvalue weighted by atomic mass is 10.2. The van der Waals surface area contributed by atoms with Crippen molar-refractivity contribution in [1.29, 1.82) is 0 Å². The Labute approximate surface area is 121 Å². The molecule has 19 heavy (non-hydrogen) atoms. The van der Waals surface area contributed by atoms with Crippen LogP contribution in [0, 0.1) is 6.92 Å². The molecule has 6 heteroatoms. The van der Waals surface area contributed by atoms with E-state index in [0.717, 1.165) is 4.88 Å². The zero-order valence-corrected chi connectivity index (χ0v) is 12.5. The van der Waals surface area contributed by atoms with Crippen LogP contribution in [0.1, 0.15) is 33.2 Å². The molecule has 0 aliphatic heterocycles. The van der Waals surface area contributed by atoms with Crippen molar-refractivity contribution in [3.05, 3.63) is 45.1 Å². The van der Waals surface area contributed by atoms with Crippen LogP contribution >= 0.6 is 22.9 Å². The average molecular weight is 296 g/mol. The molecule has 1 atom stereocenters. The summed E-state index contributed by atoms with van der Waals surface area (Å²) >= 11 is 7.44. The summed E-state index contributed by atoms with van der Waals surface area (Å²) in [5.74, 6) is -0.187. The number of aryl methyl sites for hydroxylation is 1. The largest absolute Gasteiger partial charge is 0.333 e. The summed E-state index contributed by atoms with van der Waals surface area (Å²) in [6, 6.07) is 4.08. The number of hydrogen-bond donors (Lipinski definition) is 0. The van der Waals surface area contributed by atoms with Crippen LogP contribution in [-0.2, 0) is 0 Å². The Morgan fingerprint density at radius 3 is 2.74 bits per heavy atom. The monoisotopic (exact) mass is 295 g/mol. The fourth-order valence-corrected chi connectivity index (χ4v) is 2.79. The van der Waals surface area contributed by atoms with Gasteiger partial charge in [-0.15, -0.1) is 11.3 Å². The van der Waals surface area contributed by atoms with Gasteiger partial charge in [0.25, 0.3) is 5.91 Å². The van der Waals surface area contributed by atoms with Gasteiger partial charge in [0.2, 0.25) is 0 Å². The number of nitrogens with zero attached hydrogens (tertiary/aromatic N) is 3. The van der Waals surface area contributed by atoms with Crippen molar-refractivity contribution in [2.24, 2.45) is 0 Å². The minimum absolute atomic E-state index is 0.00742. The fraction of sp³-hybridized carbons (Fsp3) is 0.308. The predicted octanol–water partition coefficient (Wildman–Crippen LogP) is 3.33. The lowest BCUT2D eigenvalue weighted by molar-refractivity contribution is 0.0738. The summed E-state index contributed by atoms with van der Waals surface area (Å²) < 4.78 is 0. The Bertz CT molecular complexity index is 599. The number of rotatable bonds is 3. The molecule has 0 aliphatic carbocycles. The molecule has 4 nitrogen and oxygen atoms in total. The Morgan fingerprint density at radius 1 is 1.42 bits per heavy atom. The van der Waals surface area contributed by atoms with Crippen molar-refractivity contribution in [1.82, 2.24) is 14.9 Å². The van der Waals surface area contributed by atoms with E-state index < -0.39 is 0 Å². The van der Waals surface area contributed by atoms with Gasteiger partial charge in [0.1, 0.15) is 10.8 Å². The van der Waals surface area contributed by atoms with Gasteiger partial charge < -0.3 is 4.90 Å². The average Bonchev–Trinajstić information content (AvgIpc) is 2.83. The molecule has 0 aliphatic rings. The van der Waals surface area contributed by atoms with Crippen LogP contribution in [0.15, 0.2) is 24.5 Å². The third-order valence-corrected chi connectivity index (χ3v) is 4.25. The summed E-state index contributed by atoms with van der Waals surface area (Å²) in [6.07, 6.45) is 2.83.